The van der Waals surface area contributed by atoms with Crippen LogP contribution in [0.25, 0.3) is 4.96 Å². The van der Waals surface area contributed by atoms with Crippen molar-refractivity contribution >= 4 is 28.2 Å². The highest BCUT2D eigenvalue weighted by Crippen LogP contribution is 2.14. The van der Waals surface area contributed by atoms with Crippen molar-refractivity contribution in [1.82, 2.24) is 14.7 Å². The number of carboxylic acid groups (broad SMARTS) is 1. The van der Waals surface area contributed by atoms with Crippen molar-refractivity contribution in [2.24, 2.45) is 5.41 Å². The van der Waals surface area contributed by atoms with Crippen LogP contribution in [0.4, 0.5) is 0 Å². The van der Waals surface area contributed by atoms with Gasteiger partial charge in [-0.05, 0) is 13.8 Å². The molecule has 0 atom stereocenters. The van der Waals surface area contributed by atoms with E-state index in [0.29, 0.717) is 5.69 Å². The van der Waals surface area contributed by atoms with Crippen LogP contribution in [0.5, 0.6) is 0 Å². The first kappa shape index (κ1) is 13.5. The van der Waals surface area contributed by atoms with Crippen LogP contribution in [0.15, 0.2) is 17.8 Å². The number of hydrogen-bond donors (Lipinski definition) is 2. The van der Waals surface area contributed by atoms with Crippen LogP contribution in [0, 0.1) is 5.41 Å². The standard InChI is InChI=1S/C12H15N3O3S/c1-12(2,10(17)18)7-13-9(16)5-8-6-15-3-4-19-11(15)14-8/h3-4,6H,5,7H2,1-2H3,(H,13,16)(H,17,18). The molecule has 7 heteroatoms. The van der Waals surface area contributed by atoms with Gasteiger partial charge < -0.3 is 10.4 Å². The van der Waals surface area contributed by atoms with Crippen molar-refractivity contribution in [2.45, 2.75) is 20.3 Å². The topological polar surface area (TPSA) is 83.7 Å². The summed E-state index contributed by atoms with van der Waals surface area (Å²) in [5, 5.41) is 13.5. The molecule has 1 amide bonds. The van der Waals surface area contributed by atoms with E-state index < -0.39 is 11.4 Å². The molecule has 0 radical (unpaired) electrons. The van der Waals surface area contributed by atoms with E-state index in [0.717, 1.165) is 4.96 Å². The molecule has 0 aliphatic rings. The van der Waals surface area contributed by atoms with Crippen LogP contribution in [-0.4, -0.2) is 32.9 Å². The molecule has 0 aliphatic heterocycles. The Bertz CT molecular complexity index is 586. The molecule has 102 valence electrons. The van der Waals surface area contributed by atoms with E-state index in [4.69, 9.17) is 5.11 Å². The Labute approximate surface area is 114 Å². The molecule has 19 heavy (non-hydrogen) atoms. The molecule has 2 rings (SSSR count). The first-order valence-corrected chi connectivity index (χ1v) is 6.67. The van der Waals surface area contributed by atoms with Crippen molar-refractivity contribution in [2.75, 3.05) is 6.54 Å². The summed E-state index contributed by atoms with van der Waals surface area (Å²) < 4.78 is 1.86. The Morgan fingerprint density at radius 2 is 2.26 bits per heavy atom. The zero-order valence-electron chi connectivity index (χ0n) is 10.7. The Morgan fingerprint density at radius 1 is 1.53 bits per heavy atom. The molecule has 0 aromatic carbocycles. The smallest absolute Gasteiger partial charge is 0.310 e. The number of aromatic nitrogens is 2. The first-order chi connectivity index (χ1) is 8.88. The van der Waals surface area contributed by atoms with Crippen molar-refractivity contribution in [3.63, 3.8) is 0 Å². The molecule has 0 aliphatic carbocycles. The van der Waals surface area contributed by atoms with Crippen molar-refractivity contribution in [3.05, 3.63) is 23.5 Å². The Kier molecular flexibility index (Phi) is 3.57. The van der Waals surface area contributed by atoms with E-state index in [2.05, 4.69) is 10.3 Å². The number of imidazole rings is 1. The number of carboxylic acids is 1. The minimum atomic E-state index is -0.968. The maximum absolute atomic E-state index is 11.7. The number of carbonyl (C=O) groups is 2. The number of carbonyl (C=O) groups excluding carboxylic acids is 1. The molecule has 0 spiro atoms. The van der Waals surface area contributed by atoms with Gasteiger partial charge in [0.25, 0.3) is 0 Å². The number of nitrogens with zero attached hydrogens (tertiary/aromatic N) is 2. The predicted molar refractivity (Wildman–Crippen MR) is 71.2 cm³/mol. The number of nitrogens with one attached hydrogen (secondary N) is 1. The minimum Gasteiger partial charge on any atom is -0.481 e. The number of fused-ring (bicyclic) bond motifs is 1. The largest absolute Gasteiger partial charge is 0.481 e. The third kappa shape index (κ3) is 3.11. The molecule has 2 aromatic rings. The second-order valence-electron chi connectivity index (χ2n) is 4.97. The van der Waals surface area contributed by atoms with Gasteiger partial charge in [-0.3, -0.25) is 14.0 Å². The molecule has 2 N–H and O–H groups in total. The van der Waals surface area contributed by atoms with Gasteiger partial charge in [0, 0.05) is 24.3 Å². The molecule has 0 saturated heterocycles. The lowest BCUT2D eigenvalue weighted by molar-refractivity contribution is -0.146. The van der Waals surface area contributed by atoms with Gasteiger partial charge in [0.15, 0.2) is 4.96 Å². The summed E-state index contributed by atoms with van der Waals surface area (Å²) >= 11 is 1.50. The van der Waals surface area contributed by atoms with E-state index >= 15 is 0 Å². The van der Waals surface area contributed by atoms with Crippen LogP contribution in [0.2, 0.25) is 0 Å². The van der Waals surface area contributed by atoms with Crippen LogP contribution in [-0.2, 0) is 16.0 Å². The molecule has 6 nitrogen and oxygen atoms in total. The Morgan fingerprint density at radius 3 is 2.89 bits per heavy atom. The van der Waals surface area contributed by atoms with Gasteiger partial charge in [0.05, 0.1) is 17.5 Å². The number of rotatable bonds is 5. The molecular weight excluding hydrogens is 266 g/mol. The fourth-order valence-electron chi connectivity index (χ4n) is 1.48. The lowest BCUT2D eigenvalue weighted by atomic mass is 9.94. The number of aliphatic carboxylic acids is 1. The summed E-state index contributed by atoms with van der Waals surface area (Å²) in [7, 11) is 0. The van der Waals surface area contributed by atoms with Gasteiger partial charge in [-0.1, -0.05) is 0 Å². The zero-order chi connectivity index (χ0) is 14.0. The van der Waals surface area contributed by atoms with Gasteiger partial charge in [-0.25, -0.2) is 4.98 Å². The second kappa shape index (κ2) is 5.00. The summed E-state index contributed by atoms with van der Waals surface area (Å²) in [6.45, 7) is 3.24. The van der Waals surface area contributed by atoms with E-state index in [9.17, 15) is 9.59 Å². The summed E-state index contributed by atoms with van der Waals surface area (Å²) in [5.41, 5.74) is -0.290. The summed E-state index contributed by atoms with van der Waals surface area (Å²) in [6.07, 6.45) is 3.83. The molecule has 2 aromatic heterocycles. The SMILES string of the molecule is CC(C)(CNC(=O)Cc1cn2ccsc2n1)C(=O)O. The van der Waals surface area contributed by atoms with E-state index in [-0.39, 0.29) is 18.9 Å². The van der Waals surface area contributed by atoms with E-state index in [1.807, 2.05) is 16.0 Å². The maximum atomic E-state index is 11.7. The molecular formula is C12H15N3O3S. The maximum Gasteiger partial charge on any atom is 0.310 e. The zero-order valence-corrected chi connectivity index (χ0v) is 11.5. The second-order valence-corrected chi connectivity index (χ2v) is 5.84. The molecule has 0 fully saturated rings. The van der Waals surface area contributed by atoms with Crippen LogP contribution < -0.4 is 5.32 Å². The highest BCUT2D eigenvalue weighted by molar-refractivity contribution is 7.15. The average molecular weight is 281 g/mol. The lowest BCUT2D eigenvalue weighted by Gasteiger charge is -2.19. The first-order valence-electron chi connectivity index (χ1n) is 5.80. The highest BCUT2D eigenvalue weighted by Gasteiger charge is 2.27. The molecule has 0 unspecified atom stereocenters. The van der Waals surface area contributed by atoms with Crippen molar-refractivity contribution < 1.29 is 14.7 Å². The van der Waals surface area contributed by atoms with E-state index in [1.54, 1.807) is 20.0 Å². The highest BCUT2D eigenvalue weighted by atomic mass is 32.1. The van der Waals surface area contributed by atoms with Gasteiger partial charge in [-0.2, -0.15) is 0 Å². The molecule has 2 heterocycles. The van der Waals surface area contributed by atoms with Gasteiger partial charge in [-0.15, -0.1) is 11.3 Å². The predicted octanol–water partition coefficient (Wildman–Crippen LogP) is 1.17. The molecule has 0 bridgehead atoms. The van der Waals surface area contributed by atoms with Crippen LogP contribution >= 0.6 is 11.3 Å². The van der Waals surface area contributed by atoms with Crippen LogP contribution in [0.3, 0.4) is 0 Å². The fourth-order valence-corrected chi connectivity index (χ4v) is 2.20. The monoisotopic (exact) mass is 281 g/mol. The summed E-state index contributed by atoms with van der Waals surface area (Å²) in [6, 6.07) is 0. The Hall–Kier alpha value is -1.89. The third-order valence-corrected chi connectivity index (χ3v) is 3.56. The minimum absolute atomic E-state index is 0.101. The van der Waals surface area contributed by atoms with Gasteiger partial charge in [0.1, 0.15) is 0 Å². The lowest BCUT2D eigenvalue weighted by Crippen LogP contribution is -2.39. The Balaban J connectivity index is 1.91. The number of hydrogen-bond acceptors (Lipinski definition) is 4. The van der Waals surface area contributed by atoms with E-state index in [1.165, 1.54) is 11.3 Å². The summed E-state index contributed by atoms with van der Waals surface area (Å²) in [4.78, 5) is 27.8. The van der Waals surface area contributed by atoms with Gasteiger partial charge >= 0.3 is 5.97 Å². The average Bonchev–Trinajstić information content (AvgIpc) is 2.86. The van der Waals surface area contributed by atoms with Gasteiger partial charge in [0.2, 0.25) is 5.91 Å². The van der Waals surface area contributed by atoms with Crippen molar-refractivity contribution in [1.29, 1.82) is 0 Å². The van der Waals surface area contributed by atoms with Crippen molar-refractivity contribution in [3.8, 4) is 0 Å². The molecule has 0 saturated carbocycles. The number of thiazole rings is 1. The quantitative estimate of drug-likeness (QED) is 0.861. The normalized spacial score (nSPS) is 11.7. The number of amides is 1. The fraction of sp³-hybridized carbons (Fsp3) is 0.417. The summed E-state index contributed by atoms with van der Waals surface area (Å²) in [5.74, 6) is -1.16. The van der Waals surface area contributed by atoms with Crippen LogP contribution in [0.1, 0.15) is 19.5 Å². The third-order valence-electron chi connectivity index (χ3n) is 2.79.